The van der Waals surface area contributed by atoms with Crippen LogP contribution < -0.4 is 5.32 Å². The van der Waals surface area contributed by atoms with E-state index in [1.807, 2.05) is 24.3 Å². The van der Waals surface area contributed by atoms with Crippen LogP contribution in [0.1, 0.15) is 11.1 Å². The molecular formula is C19H19ClN6O4S2. The number of benzene rings is 1. The predicted molar refractivity (Wildman–Crippen MR) is 119 cm³/mol. The number of alkyl halides is 1. The summed E-state index contributed by atoms with van der Waals surface area (Å²) in [6, 6.07) is 6.60. The Hall–Kier alpha value is -2.57. The Morgan fingerprint density at radius 1 is 1.31 bits per heavy atom. The van der Waals surface area contributed by atoms with Crippen molar-refractivity contribution in [2.75, 3.05) is 11.5 Å². The fourth-order valence-electron chi connectivity index (χ4n) is 3.45. The zero-order valence-electron chi connectivity index (χ0n) is 16.9. The average molecular weight is 495 g/mol. The molecule has 2 unspecified atom stereocenters. The lowest BCUT2D eigenvalue weighted by molar-refractivity contribution is -0.150. The maximum Gasteiger partial charge on any atom is 0.352 e. The molecule has 0 radical (unpaired) electrons. The van der Waals surface area contributed by atoms with Crippen molar-refractivity contribution in [3.05, 3.63) is 46.7 Å². The molecule has 2 aromatic rings. The van der Waals surface area contributed by atoms with Crippen molar-refractivity contribution in [3.8, 4) is 0 Å². The Morgan fingerprint density at radius 3 is 2.66 bits per heavy atom. The number of halogens is 1. The number of fused-ring (bicyclic) bond motifs is 1. The lowest BCUT2D eigenvalue weighted by Gasteiger charge is -2.49. The lowest BCUT2D eigenvalue weighted by Crippen LogP contribution is -2.70. The standard InChI is InChI=1S/C19H19ClN6O4S2/c1-25-19(22-23-24-25)32-9-12-8-31-17-14(16(28)26(17)15(12)18(29)30)21-13(27)6-10-2-4-11(7-20)5-3-10/h2-5,14,17H,6-9H2,1H3,(H,21,27)(H,29,30). The molecule has 2 aliphatic heterocycles. The third-order valence-corrected chi connectivity index (χ3v) is 7.81. The summed E-state index contributed by atoms with van der Waals surface area (Å²) >= 11 is 8.51. The highest BCUT2D eigenvalue weighted by Gasteiger charge is 2.54. The molecule has 10 nitrogen and oxygen atoms in total. The number of carboxylic acid groups (broad SMARTS) is 1. The van der Waals surface area contributed by atoms with Crippen molar-refractivity contribution in [2.45, 2.75) is 28.9 Å². The van der Waals surface area contributed by atoms with Gasteiger partial charge in [-0.15, -0.1) is 28.5 Å². The van der Waals surface area contributed by atoms with Crippen LogP contribution in [0.3, 0.4) is 0 Å². The van der Waals surface area contributed by atoms with E-state index in [1.165, 1.54) is 33.1 Å². The van der Waals surface area contributed by atoms with Crippen molar-refractivity contribution in [1.29, 1.82) is 0 Å². The summed E-state index contributed by atoms with van der Waals surface area (Å²) in [4.78, 5) is 38.4. The van der Waals surface area contributed by atoms with Gasteiger partial charge < -0.3 is 10.4 Å². The van der Waals surface area contributed by atoms with E-state index in [1.54, 1.807) is 7.05 Å². The predicted octanol–water partition coefficient (Wildman–Crippen LogP) is 1.02. The van der Waals surface area contributed by atoms with Crippen molar-refractivity contribution in [1.82, 2.24) is 30.4 Å². The Bertz CT molecular complexity index is 1090. The highest BCUT2D eigenvalue weighted by Crippen LogP contribution is 2.41. The molecule has 0 aliphatic carbocycles. The molecule has 0 bridgehead atoms. The van der Waals surface area contributed by atoms with Crippen LogP contribution in [-0.2, 0) is 33.7 Å². The van der Waals surface area contributed by atoms with Gasteiger partial charge >= 0.3 is 5.97 Å². The van der Waals surface area contributed by atoms with Crippen LogP contribution in [0.15, 0.2) is 40.7 Å². The van der Waals surface area contributed by atoms with Gasteiger partial charge in [-0.1, -0.05) is 36.0 Å². The second kappa shape index (κ2) is 9.51. The fraction of sp³-hybridized carbons (Fsp3) is 0.368. The monoisotopic (exact) mass is 494 g/mol. The van der Waals surface area contributed by atoms with Gasteiger partial charge in [0.25, 0.3) is 5.91 Å². The van der Waals surface area contributed by atoms with Gasteiger partial charge in [-0.25, -0.2) is 9.48 Å². The molecule has 2 aliphatic rings. The van der Waals surface area contributed by atoms with Crippen LogP contribution in [-0.4, -0.2) is 70.9 Å². The average Bonchev–Trinajstić information content (AvgIpc) is 3.20. The van der Waals surface area contributed by atoms with Crippen LogP contribution in [0.25, 0.3) is 0 Å². The van der Waals surface area contributed by atoms with E-state index in [0.717, 1.165) is 11.1 Å². The van der Waals surface area contributed by atoms with Crippen LogP contribution >= 0.6 is 35.1 Å². The summed E-state index contributed by atoms with van der Waals surface area (Å²) in [5.74, 6) is -0.713. The molecule has 13 heteroatoms. The van der Waals surface area contributed by atoms with Gasteiger partial charge in [-0.05, 0) is 27.1 Å². The number of carbonyl (C=O) groups excluding carboxylic acids is 2. The number of carboxylic acids is 1. The summed E-state index contributed by atoms with van der Waals surface area (Å²) in [6.45, 7) is 0. The number of aliphatic carboxylic acids is 1. The molecule has 4 rings (SSSR count). The third-order valence-electron chi connectivity index (χ3n) is 5.07. The van der Waals surface area contributed by atoms with Gasteiger partial charge in [0.15, 0.2) is 0 Å². The molecular weight excluding hydrogens is 476 g/mol. The smallest absolute Gasteiger partial charge is 0.352 e. The van der Waals surface area contributed by atoms with Crippen molar-refractivity contribution < 1.29 is 19.5 Å². The number of tetrazole rings is 1. The molecule has 1 aromatic carbocycles. The van der Waals surface area contributed by atoms with Gasteiger partial charge in [0.2, 0.25) is 11.1 Å². The number of hydrogen-bond donors (Lipinski definition) is 2. The van der Waals surface area contributed by atoms with E-state index in [2.05, 4.69) is 20.8 Å². The normalized spacial score (nSPS) is 20.1. The molecule has 2 amide bonds. The van der Waals surface area contributed by atoms with E-state index in [-0.39, 0.29) is 18.0 Å². The van der Waals surface area contributed by atoms with E-state index in [0.29, 0.717) is 28.1 Å². The Labute approximate surface area is 196 Å². The number of nitrogens with zero attached hydrogens (tertiary/aromatic N) is 5. The van der Waals surface area contributed by atoms with Crippen LogP contribution in [0, 0.1) is 0 Å². The van der Waals surface area contributed by atoms with E-state index < -0.39 is 23.3 Å². The number of amides is 2. The SMILES string of the molecule is Cn1nnnc1SCC1=C(C(=O)O)N2C(=O)C(NC(=O)Cc3ccc(CCl)cc3)C2SC1. The van der Waals surface area contributed by atoms with Gasteiger partial charge in [0.1, 0.15) is 17.1 Å². The summed E-state index contributed by atoms with van der Waals surface area (Å²) in [6.07, 6.45) is 0.124. The van der Waals surface area contributed by atoms with Crippen molar-refractivity contribution >= 4 is 52.9 Å². The fourth-order valence-corrected chi connectivity index (χ4v) is 5.96. The lowest BCUT2D eigenvalue weighted by atomic mass is 10.0. The summed E-state index contributed by atoms with van der Waals surface area (Å²) in [5.41, 5.74) is 2.35. The highest BCUT2D eigenvalue weighted by atomic mass is 35.5. The minimum atomic E-state index is -1.17. The topological polar surface area (TPSA) is 130 Å². The van der Waals surface area contributed by atoms with Crippen molar-refractivity contribution in [3.63, 3.8) is 0 Å². The first kappa shape index (κ1) is 22.6. The number of β-lactam (4-membered cyclic amide) rings is 1. The second-order valence-corrected chi connectivity index (χ2v) is 9.53. The van der Waals surface area contributed by atoms with E-state index >= 15 is 0 Å². The van der Waals surface area contributed by atoms with E-state index in [4.69, 9.17) is 11.6 Å². The molecule has 0 spiro atoms. The van der Waals surface area contributed by atoms with Gasteiger partial charge in [0, 0.05) is 24.4 Å². The molecule has 0 saturated carbocycles. The number of aromatic nitrogens is 4. The summed E-state index contributed by atoms with van der Waals surface area (Å²) in [5, 5.41) is 23.8. The van der Waals surface area contributed by atoms with Crippen LogP contribution in [0.4, 0.5) is 0 Å². The van der Waals surface area contributed by atoms with Crippen LogP contribution in [0.5, 0.6) is 0 Å². The molecule has 1 saturated heterocycles. The highest BCUT2D eigenvalue weighted by molar-refractivity contribution is 8.01. The molecule has 1 fully saturated rings. The number of thioether (sulfide) groups is 2. The van der Waals surface area contributed by atoms with E-state index in [9.17, 15) is 19.5 Å². The first-order chi connectivity index (χ1) is 15.4. The Morgan fingerprint density at radius 2 is 2.03 bits per heavy atom. The quantitative estimate of drug-likeness (QED) is 0.313. The molecule has 3 heterocycles. The number of aryl methyl sites for hydroxylation is 1. The number of hydrogen-bond acceptors (Lipinski definition) is 8. The Kier molecular flexibility index (Phi) is 6.72. The van der Waals surface area contributed by atoms with Crippen molar-refractivity contribution in [2.24, 2.45) is 7.05 Å². The third kappa shape index (κ3) is 4.48. The maximum absolute atomic E-state index is 12.8. The Balaban J connectivity index is 1.41. The van der Waals surface area contributed by atoms with Gasteiger partial charge in [0.05, 0.1) is 6.42 Å². The molecule has 168 valence electrons. The maximum atomic E-state index is 12.8. The zero-order valence-corrected chi connectivity index (χ0v) is 19.3. The molecule has 2 atom stereocenters. The molecule has 1 aromatic heterocycles. The minimum absolute atomic E-state index is 0.0245. The van der Waals surface area contributed by atoms with Crippen LogP contribution in [0.2, 0.25) is 0 Å². The second-order valence-electron chi connectivity index (χ2n) is 7.21. The number of nitrogens with one attached hydrogen (secondary N) is 1. The first-order valence-corrected chi connectivity index (χ1v) is 12.1. The number of carbonyl (C=O) groups is 3. The molecule has 2 N–H and O–H groups in total. The summed E-state index contributed by atoms with van der Waals surface area (Å²) < 4.78 is 1.49. The first-order valence-electron chi connectivity index (χ1n) is 9.57. The van der Waals surface area contributed by atoms with Gasteiger partial charge in [-0.3, -0.25) is 14.5 Å². The summed E-state index contributed by atoms with van der Waals surface area (Å²) in [7, 11) is 1.69. The molecule has 32 heavy (non-hydrogen) atoms. The largest absolute Gasteiger partial charge is 0.477 e. The zero-order chi connectivity index (χ0) is 22.8. The van der Waals surface area contributed by atoms with Gasteiger partial charge in [-0.2, -0.15) is 0 Å². The minimum Gasteiger partial charge on any atom is -0.477 e. The number of rotatable bonds is 8.